The topological polar surface area (TPSA) is 60.7 Å². The summed E-state index contributed by atoms with van der Waals surface area (Å²) < 4.78 is 29.9. The molecule has 3 rings (SSSR count). The van der Waals surface area contributed by atoms with Crippen LogP contribution < -0.4 is 10.1 Å². The maximum absolute atomic E-state index is 13.3. The molecular formula is C24H26FNO4. The molecule has 1 heterocycles. The van der Waals surface area contributed by atoms with Gasteiger partial charge in [0.1, 0.15) is 17.1 Å². The van der Waals surface area contributed by atoms with Gasteiger partial charge < -0.3 is 19.2 Å². The lowest BCUT2D eigenvalue weighted by Gasteiger charge is -2.14. The van der Waals surface area contributed by atoms with Crippen molar-refractivity contribution >= 4 is 22.4 Å². The molecule has 1 aromatic heterocycles. The van der Waals surface area contributed by atoms with Gasteiger partial charge in [0.2, 0.25) is 5.91 Å². The molecule has 1 unspecified atom stereocenters. The molecule has 1 atom stereocenters. The van der Waals surface area contributed by atoms with Crippen LogP contribution >= 0.6 is 0 Å². The van der Waals surface area contributed by atoms with Gasteiger partial charge in [-0.25, -0.2) is 4.39 Å². The number of hydrogen-bond donors (Lipinski definition) is 1. The van der Waals surface area contributed by atoms with Crippen molar-refractivity contribution < 1.29 is 23.1 Å². The number of hydrogen-bond acceptors (Lipinski definition) is 4. The van der Waals surface area contributed by atoms with Crippen molar-refractivity contribution in [3.05, 3.63) is 59.6 Å². The fourth-order valence-electron chi connectivity index (χ4n) is 3.58. The van der Waals surface area contributed by atoms with Crippen molar-refractivity contribution in [1.29, 1.82) is 0 Å². The maximum Gasteiger partial charge on any atom is 0.244 e. The lowest BCUT2D eigenvalue weighted by molar-refractivity contribution is -0.117. The number of rotatable bonds is 7. The van der Waals surface area contributed by atoms with Crippen LogP contribution in [0.4, 0.5) is 4.39 Å². The first-order chi connectivity index (χ1) is 14.3. The number of allylic oxidation sites excluding steroid dienone is 1. The average Bonchev–Trinajstić information content (AvgIpc) is 3.12. The van der Waals surface area contributed by atoms with Crippen LogP contribution in [-0.2, 0) is 9.53 Å². The summed E-state index contributed by atoms with van der Waals surface area (Å²) in [4.78, 5) is 12.4. The Kier molecular flexibility index (Phi) is 6.57. The molecule has 0 aliphatic carbocycles. The van der Waals surface area contributed by atoms with Crippen LogP contribution in [-0.4, -0.2) is 32.8 Å². The zero-order valence-electron chi connectivity index (χ0n) is 17.8. The molecule has 0 saturated heterocycles. The van der Waals surface area contributed by atoms with Crippen LogP contribution in [0.1, 0.15) is 25.0 Å². The van der Waals surface area contributed by atoms with Crippen molar-refractivity contribution in [2.75, 3.05) is 20.8 Å². The van der Waals surface area contributed by atoms with E-state index in [-0.39, 0.29) is 17.8 Å². The van der Waals surface area contributed by atoms with Gasteiger partial charge in [-0.05, 0) is 50.1 Å². The van der Waals surface area contributed by atoms with E-state index < -0.39 is 0 Å². The number of amides is 1. The summed E-state index contributed by atoms with van der Waals surface area (Å²) in [6.07, 6.45) is 3.21. The van der Waals surface area contributed by atoms with Crippen molar-refractivity contribution in [2.24, 2.45) is 0 Å². The van der Waals surface area contributed by atoms with E-state index in [9.17, 15) is 9.18 Å². The third-order valence-corrected chi connectivity index (χ3v) is 4.98. The van der Waals surface area contributed by atoms with Gasteiger partial charge in [-0.3, -0.25) is 4.79 Å². The summed E-state index contributed by atoms with van der Waals surface area (Å²) in [6.45, 7) is 6.09. The van der Waals surface area contributed by atoms with Gasteiger partial charge in [0, 0.05) is 41.3 Å². The number of aryl methyl sites for hydroxylation is 1. The zero-order chi connectivity index (χ0) is 21.8. The number of furan rings is 1. The fraction of sp³-hybridized carbons (Fsp3) is 0.292. The normalized spacial score (nSPS) is 12.8. The van der Waals surface area contributed by atoms with E-state index in [1.807, 2.05) is 26.8 Å². The van der Waals surface area contributed by atoms with Crippen molar-refractivity contribution in [3.8, 4) is 16.9 Å². The average molecular weight is 411 g/mol. The van der Waals surface area contributed by atoms with E-state index in [4.69, 9.17) is 13.9 Å². The Morgan fingerprint density at radius 1 is 1.27 bits per heavy atom. The minimum Gasteiger partial charge on any atom is -0.496 e. The number of fused-ring (bicyclic) bond motifs is 1. The molecule has 0 fully saturated rings. The van der Waals surface area contributed by atoms with Gasteiger partial charge in [0.15, 0.2) is 0 Å². The highest BCUT2D eigenvalue weighted by Gasteiger charge is 2.19. The number of carbonyl (C=O) groups is 1. The largest absolute Gasteiger partial charge is 0.496 e. The predicted molar refractivity (Wildman–Crippen MR) is 116 cm³/mol. The summed E-state index contributed by atoms with van der Waals surface area (Å²) in [5, 5.41) is 3.74. The third-order valence-electron chi connectivity index (χ3n) is 4.98. The third kappa shape index (κ3) is 4.39. The second-order valence-corrected chi connectivity index (χ2v) is 7.31. The quantitative estimate of drug-likeness (QED) is 0.549. The highest BCUT2D eigenvalue weighted by atomic mass is 19.1. The highest BCUT2D eigenvalue weighted by molar-refractivity contribution is 6.01. The number of nitrogens with one attached hydrogen (secondary N) is 1. The number of ether oxygens (including phenoxy) is 2. The first kappa shape index (κ1) is 21.6. The molecule has 30 heavy (non-hydrogen) atoms. The smallest absolute Gasteiger partial charge is 0.244 e. The first-order valence-corrected chi connectivity index (χ1v) is 9.68. The molecule has 3 aromatic rings. The van der Waals surface area contributed by atoms with E-state index in [1.54, 1.807) is 38.7 Å². The summed E-state index contributed by atoms with van der Waals surface area (Å²) in [7, 11) is 3.19. The molecular weight excluding hydrogens is 385 g/mol. The number of carbonyl (C=O) groups excluding carboxylic acids is 1. The molecule has 2 aromatic carbocycles. The lowest BCUT2D eigenvalue weighted by Crippen LogP contribution is -2.34. The fourth-order valence-corrected chi connectivity index (χ4v) is 3.58. The van der Waals surface area contributed by atoms with Crippen LogP contribution in [0.3, 0.4) is 0 Å². The molecule has 6 heteroatoms. The van der Waals surface area contributed by atoms with E-state index in [0.29, 0.717) is 17.9 Å². The van der Waals surface area contributed by atoms with Crippen LogP contribution in [0, 0.1) is 12.7 Å². The van der Waals surface area contributed by atoms with Crippen LogP contribution in [0.25, 0.3) is 27.7 Å². The van der Waals surface area contributed by atoms with Crippen LogP contribution in [0.15, 0.2) is 47.1 Å². The molecule has 0 spiro atoms. The van der Waals surface area contributed by atoms with Gasteiger partial charge >= 0.3 is 0 Å². The van der Waals surface area contributed by atoms with E-state index in [2.05, 4.69) is 5.32 Å². The SMILES string of the molecule is COCC(C)NC(=O)/C=C(\C)c1cc2c(-c3ccc(F)cc3)coc2c(C)c1OC. The van der Waals surface area contributed by atoms with Crippen LogP contribution in [0.2, 0.25) is 0 Å². The molecule has 158 valence electrons. The van der Waals surface area contributed by atoms with Crippen LogP contribution in [0.5, 0.6) is 5.75 Å². The second kappa shape index (κ2) is 9.13. The van der Waals surface area contributed by atoms with Gasteiger partial charge in [-0.15, -0.1) is 0 Å². The van der Waals surface area contributed by atoms with E-state index >= 15 is 0 Å². The minimum atomic E-state index is -0.294. The van der Waals surface area contributed by atoms with Gasteiger partial charge in [0.25, 0.3) is 0 Å². The molecule has 0 saturated carbocycles. The Morgan fingerprint density at radius 2 is 1.97 bits per heavy atom. The number of halogens is 1. The lowest BCUT2D eigenvalue weighted by atomic mass is 9.96. The molecule has 0 aliphatic rings. The molecule has 1 amide bonds. The Labute approximate surface area is 175 Å². The number of benzene rings is 2. The molecule has 1 N–H and O–H groups in total. The van der Waals surface area contributed by atoms with Gasteiger partial charge in [-0.1, -0.05) is 12.1 Å². The van der Waals surface area contributed by atoms with E-state index in [0.717, 1.165) is 33.2 Å². The second-order valence-electron chi connectivity index (χ2n) is 7.31. The monoisotopic (exact) mass is 411 g/mol. The molecule has 0 radical (unpaired) electrons. The first-order valence-electron chi connectivity index (χ1n) is 9.68. The highest BCUT2D eigenvalue weighted by Crippen LogP contribution is 2.40. The predicted octanol–water partition coefficient (Wildman–Crippen LogP) is 5.11. The molecule has 0 aliphatic heterocycles. The van der Waals surface area contributed by atoms with E-state index in [1.165, 1.54) is 12.1 Å². The van der Waals surface area contributed by atoms with Gasteiger partial charge in [-0.2, -0.15) is 0 Å². The Bertz CT molecular complexity index is 1080. The Balaban J connectivity index is 2.07. The van der Waals surface area contributed by atoms with Crippen molar-refractivity contribution in [1.82, 2.24) is 5.32 Å². The number of methoxy groups -OCH3 is 2. The minimum absolute atomic E-state index is 0.100. The molecule has 5 nitrogen and oxygen atoms in total. The zero-order valence-corrected chi connectivity index (χ0v) is 17.8. The summed E-state index contributed by atoms with van der Waals surface area (Å²) in [5.74, 6) is 0.148. The summed E-state index contributed by atoms with van der Waals surface area (Å²) in [6, 6.07) is 8.11. The van der Waals surface area contributed by atoms with Crippen molar-refractivity contribution in [2.45, 2.75) is 26.8 Å². The maximum atomic E-state index is 13.3. The Hall–Kier alpha value is -3.12. The summed E-state index contributed by atoms with van der Waals surface area (Å²) >= 11 is 0. The van der Waals surface area contributed by atoms with Gasteiger partial charge in [0.05, 0.1) is 20.0 Å². The standard InChI is InChI=1S/C24H26FNO4/c1-14(10-22(27)26-15(2)12-28-4)19-11-20-21(17-6-8-18(25)9-7-17)13-30-24(20)16(3)23(19)29-5/h6-11,13,15H,12H2,1-5H3,(H,26,27)/b14-10+. The van der Waals surface area contributed by atoms with Crippen molar-refractivity contribution in [3.63, 3.8) is 0 Å². The molecule has 0 bridgehead atoms. The summed E-state index contributed by atoms with van der Waals surface area (Å²) in [5.41, 5.74) is 4.77. The Morgan fingerprint density at radius 3 is 2.60 bits per heavy atom.